The van der Waals surface area contributed by atoms with Gasteiger partial charge < -0.3 is 10.2 Å². The molecule has 0 bridgehead atoms. The van der Waals surface area contributed by atoms with Gasteiger partial charge in [-0.2, -0.15) is 5.26 Å². The van der Waals surface area contributed by atoms with E-state index < -0.39 is 0 Å². The second-order valence-corrected chi connectivity index (χ2v) is 6.91. The van der Waals surface area contributed by atoms with Crippen LogP contribution in [0.2, 0.25) is 0 Å². The van der Waals surface area contributed by atoms with Crippen molar-refractivity contribution < 1.29 is 4.79 Å². The first-order valence-electron chi connectivity index (χ1n) is 9.50. The first-order valence-corrected chi connectivity index (χ1v) is 9.50. The molecule has 3 rings (SSSR count). The Kier molecular flexibility index (Phi) is 6.27. The topological polar surface area (TPSA) is 56.1 Å². The van der Waals surface area contributed by atoms with Crippen molar-refractivity contribution in [2.75, 3.05) is 18.0 Å². The molecule has 0 spiro atoms. The molecule has 1 heterocycles. The number of hydrogen-bond acceptors (Lipinski definition) is 3. The van der Waals surface area contributed by atoms with Gasteiger partial charge in [0.15, 0.2) is 0 Å². The molecule has 1 saturated heterocycles. The number of carbonyl (C=O) groups excluding carboxylic acids is 1. The minimum absolute atomic E-state index is 0.114. The van der Waals surface area contributed by atoms with Gasteiger partial charge in [0.05, 0.1) is 6.04 Å². The molecule has 27 heavy (non-hydrogen) atoms. The van der Waals surface area contributed by atoms with E-state index in [4.69, 9.17) is 0 Å². The molecular weight excluding hydrogens is 334 g/mol. The van der Waals surface area contributed by atoms with E-state index in [9.17, 15) is 10.1 Å². The number of hydrogen-bond donors (Lipinski definition) is 1. The van der Waals surface area contributed by atoms with Crippen LogP contribution in [0.25, 0.3) is 6.08 Å². The largest absolute Gasteiger partial charge is 0.372 e. The van der Waals surface area contributed by atoms with E-state index in [-0.39, 0.29) is 17.5 Å². The van der Waals surface area contributed by atoms with E-state index in [1.54, 1.807) is 6.08 Å². The van der Waals surface area contributed by atoms with Crippen molar-refractivity contribution in [3.8, 4) is 6.07 Å². The maximum atomic E-state index is 12.5. The number of amides is 1. The first-order chi connectivity index (χ1) is 13.2. The predicted molar refractivity (Wildman–Crippen MR) is 109 cm³/mol. The third kappa shape index (κ3) is 4.98. The van der Waals surface area contributed by atoms with Crippen molar-refractivity contribution in [3.05, 3.63) is 71.3 Å². The first kappa shape index (κ1) is 18.7. The molecule has 0 aliphatic carbocycles. The summed E-state index contributed by atoms with van der Waals surface area (Å²) in [5.74, 6) is -0.353. The van der Waals surface area contributed by atoms with Gasteiger partial charge in [-0.1, -0.05) is 42.5 Å². The Morgan fingerprint density at radius 2 is 1.74 bits per heavy atom. The molecule has 2 aromatic rings. The second kappa shape index (κ2) is 9.05. The third-order valence-electron chi connectivity index (χ3n) is 4.94. The zero-order valence-corrected chi connectivity index (χ0v) is 15.7. The highest BCUT2D eigenvalue weighted by atomic mass is 16.1. The summed E-state index contributed by atoms with van der Waals surface area (Å²) in [4.78, 5) is 14.9. The highest BCUT2D eigenvalue weighted by Crippen LogP contribution is 2.21. The lowest BCUT2D eigenvalue weighted by atomic mass is 10.1. The van der Waals surface area contributed by atoms with Crippen LogP contribution in [-0.2, 0) is 4.79 Å². The number of nitriles is 1. The van der Waals surface area contributed by atoms with Gasteiger partial charge in [-0.3, -0.25) is 4.79 Å². The Bertz CT molecular complexity index is 828. The maximum Gasteiger partial charge on any atom is 0.262 e. The Morgan fingerprint density at radius 1 is 1.07 bits per heavy atom. The molecular formula is C23H25N3O. The molecule has 2 aromatic carbocycles. The van der Waals surface area contributed by atoms with Crippen LogP contribution in [-0.4, -0.2) is 19.0 Å². The van der Waals surface area contributed by atoms with Crippen LogP contribution in [0.1, 0.15) is 43.4 Å². The minimum atomic E-state index is -0.353. The summed E-state index contributed by atoms with van der Waals surface area (Å²) in [6.45, 7) is 4.10. The summed E-state index contributed by atoms with van der Waals surface area (Å²) < 4.78 is 0. The molecule has 0 saturated carbocycles. The zero-order valence-electron chi connectivity index (χ0n) is 15.7. The quantitative estimate of drug-likeness (QED) is 0.633. The molecule has 1 fully saturated rings. The summed E-state index contributed by atoms with van der Waals surface area (Å²) in [6, 6.07) is 19.7. The van der Waals surface area contributed by atoms with E-state index in [2.05, 4.69) is 22.3 Å². The zero-order chi connectivity index (χ0) is 19.1. The summed E-state index contributed by atoms with van der Waals surface area (Å²) in [7, 11) is 0. The number of nitrogens with one attached hydrogen (secondary N) is 1. The predicted octanol–water partition coefficient (Wildman–Crippen LogP) is 4.46. The van der Waals surface area contributed by atoms with Crippen LogP contribution in [0.3, 0.4) is 0 Å². The third-order valence-corrected chi connectivity index (χ3v) is 4.94. The summed E-state index contributed by atoms with van der Waals surface area (Å²) in [5, 5.41) is 12.3. The summed E-state index contributed by atoms with van der Waals surface area (Å²) in [6.07, 6.45) is 5.42. The number of carbonyl (C=O) groups is 1. The highest BCUT2D eigenvalue weighted by Gasteiger charge is 2.14. The SMILES string of the molecule is C[C@H](NC(=O)/C(C#N)=C/c1ccc(N2CCCCC2)cc1)c1ccccc1. The number of anilines is 1. The van der Waals surface area contributed by atoms with E-state index in [1.165, 1.54) is 24.9 Å². The van der Waals surface area contributed by atoms with Crippen LogP contribution in [0.5, 0.6) is 0 Å². The van der Waals surface area contributed by atoms with Gasteiger partial charge in [-0.25, -0.2) is 0 Å². The maximum absolute atomic E-state index is 12.5. The smallest absolute Gasteiger partial charge is 0.262 e. The Hall–Kier alpha value is -3.06. The fourth-order valence-electron chi connectivity index (χ4n) is 3.35. The second-order valence-electron chi connectivity index (χ2n) is 6.91. The van der Waals surface area contributed by atoms with Crippen LogP contribution < -0.4 is 10.2 Å². The molecule has 4 heteroatoms. The van der Waals surface area contributed by atoms with Gasteiger partial charge in [-0.05, 0) is 55.5 Å². The van der Waals surface area contributed by atoms with Crippen LogP contribution >= 0.6 is 0 Å². The number of nitrogens with zero attached hydrogens (tertiary/aromatic N) is 2. The molecule has 1 N–H and O–H groups in total. The minimum Gasteiger partial charge on any atom is -0.372 e. The summed E-state index contributed by atoms with van der Waals surface area (Å²) in [5.41, 5.74) is 3.18. The monoisotopic (exact) mass is 359 g/mol. The Morgan fingerprint density at radius 3 is 2.37 bits per heavy atom. The van der Waals surface area contributed by atoms with Gasteiger partial charge in [-0.15, -0.1) is 0 Å². The Labute approximate surface area is 161 Å². The fourth-order valence-corrected chi connectivity index (χ4v) is 3.35. The van der Waals surface area contributed by atoms with Crippen molar-refractivity contribution in [3.63, 3.8) is 0 Å². The summed E-state index contributed by atoms with van der Waals surface area (Å²) >= 11 is 0. The van der Waals surface area contributed by atoms with Crippen LogP contribution in [0, 0.1) is 11.3 Å². The molecule has 1 aliphatic heterocycles. The number of benzene rings is 2. The van der Waals surface area contributed by atoms with Gasteiger partial charge in [0, 0.05) is 18.8 Å². The van der Waals surface area contributed by atoms with Crippen molar-refractivity contribution in [1.29, 1.82) is 5.26 Å². The molecule has 0 aromatic heterocycles. The standard InChI is InChI=1S/C23H25N3O/c1-18(20-8-4-2-5-9-20)25-23(27)21(17-24)16-19-10-12-22(13-11-19)26-14-6-3-7-15-26/h2,4-5,8-13,16,18H,3,6-7,14-15H2,1H3,(H,25,27)/b21-16+/t18-/m0/s1. The van der Waals surface area contributed by atoms with Crippen molar-refractivity contribution in [2.24, 2.45) is 0 Å². The van der Waals surface area contributed by atoms with Crippen molar-refractivity contribution >= 4 is 17.7 Å². The molecule has 1 amide bonds. The fraction of sp³-hybridized carbons (Fsp3) is 0.304. The van der Waals surface area contributed by atoms with Crippen molar-refractivity contribution in [2.45, 2.75) is 32.2 Å². The van der Waals surface area contributed by atoms with Gasteiger partial charge in [0.25, 0.3) is 5.91 Å². The molecule has 0 radical (unpaired) electrons. The average Bonchev–Trinajstić information content (AvgIpc) is 2.73. The van der Waals surface area contributed by atoms with Gasteiger partial charge in [0.2, 0.25) is 0 Å². The van der Waals surface area contributed by atoms with E-state index >= 15 is 0 Å². The lowest BCUT2D eigenvalue weighted by Gasteiger charge is -2.28. The highest BCUT2D eigenvalue weighted by molar-refractivity contribution is 6.01. The van der Waals surface area contributed by atoms with E-state index in [0.717, 1.165) is 24.2 Å². The van der Waals surface area contributed by atoms with E-state index in [1.807, 2.05) is 55.5 Å². The molecule has 138 valence electrons. The van der Waals surface area contributed by atoms with E-state index in [0.29, 0.717) is 0 Å². The van der Waals surface area contributed by atoms with Crippen molar-refractivity contribution in [1.82, 2.24) is 5.32 Å². The molecule has 4 nitrogen and oxygen atoms in total. The lowest BCUT2D eigenvalue weighted by molar-refractivity contribution is -0.117. The van der Waals surface area contributed by atoms with Crippen LogP contribution in [0.4, 0.5) is 5.69 Å². The molecule has 1 aliphatic rings. The number of rotatable bonds is 5. The molecule has 0 unspecified atom stereocenters. The van der Waals surface area contributed by atoms with Gasteiger partial charge in [0.1, 0.15) is 11.6 Å². The molecule has 1 atom stereocenters. The lowest BCUT2D eigenvalue weighted by Crippen LogP contribution is -2.29. The average molecular weight is 359 g/mol. The number of piperidine rings is 1. The Balaban J connectivity index is 1.68. The normalized spacial score (nSPS) is 15.7. The van der Waals surface area contributed by atoms with Gasteiger partial charge >= 0.3 is 0 Å². The van der Waals surface area contributed by atoms with Crippen LogP contribution in [0.15, 0.2) is 60.2 Å².